The van der Waals surface area contributed by atoms with Gasteiger partial charge >= 0.3 is 0 Å². The molecule has 0 bridgehead atoms. The second-order valence-electron chi connectivity index (χ2n) is 12.3. The lowest BCUT2D eigenvalue weighted by Gasteiger charge is -2.44. The van der Waals surface area contributed by atoms with Crippen LogP contribution in [0.3, 0.4) is 0 Å². The summed E-state index contributed by atoms with van der Waals surface area (Å²) in [4.78, 5) is 7.10. The van der Waals surface area contributed by atoms with Gasteiger partial charge in [0, 0.05) is 40.8 Å². The highest BCUT2D eigenvalue weighted by molar-refractivity contribution is 7.80. The number of fused-ring (bicyclic) bond motifs is 1. The quantitative estimate of drug-likeness (QED) is 0.202. The van der Waals surface area contributed by atoms with Crippen molar-refractivity contribution in [2.45, 2.75) is 93.1 Å². The highest BCUT2D eigenvalue weighted by Crippen LogP contribution is 2.40. The second kappa shape index (κ2) is 15.2. The smallest absolute Gasteiger partial charge is 0.129 e. The summed E-state index contributed by atoms with van der Waals surface area (Å²) in [7, 11) is 0. The molecule has 1 atom stereocenters. The normalized spacial score (nSPS) is 15.2. The number of nitrogens with two attached hydrogens (primary N) is 2. The predicted molar refractivity (Wildman–Crippen MR) is 174 cm³/mol. The van der Waals surface area contributed by atoms with Crippen LogP contribution < -0.4 is 16.4 Å². The standard InChI is InChI=1S/C28H42N4OS.C5H12/c1-6-28(5,19-33-27(3,4)22-10-7-11-22)18-32(15-16-34)25-20(2)26(30)31-24-17-21(9-8-14-29)12-13-23(24)25;1-4-5(2)3/h12-13,17,22,34H,6-7,10-11,14-16,18-19,29H2,1-5H3,(H2,30,31);5H,4H2,1-3H3. The Hall–Kier alpha value is -1.94. The van der Waals surface area contributed by atoms with Gasteiger partial charge in [-0.15, -0.1) is 0 Å². The highest BCUT2D eigenvalue weighted by Gasteiger charge is 2.37. The van der Waals surface area contributed by atoms with Gasteiger partial charge in [0.05, 0.1) is 30.0 Å². The number of ether oxygens (including phenoxy) is 1. The summed E-state index contributed by atoms with van der Waals surface area (Å²) in [5, 5.41) is 1.08. The van der Waals surface area contributed by atoms with E-state index in [0.717, 1.165) is 65.5 Å². The SMILES string of the molecule is CCC(C)(COC(C)(C)C1CCC1)CN(CCS)c1c(C)c(N)nc2cc(C#CCN)ccc12.CCC(C)C. The number of nitrogen functional groups attached to an aromatic ring is 1. The largest absolute Gasteiger partial charge is 0.383 e. The molecule has 1 aliphatic carbocycles. The van der Waals surface area contributed by atoms with Gasteiger partial charge in [-0.3, -0.25) is 0 Å². The van der Waals surface area contributed by atoms with Gasteiger partial charge in [0.1, 0.15) is 5.82 Å². The van der Waals surface area contributed by atoms with E-state index in [1.165, 1.54) is 25.7 Å². The molecule has 1 aromatic heterocycles. The maximum atomic E-state index is 6.59. The number of benzene rings is 1. The van der Waals surface area contributed by atoms with Crippen molar-refractivity contribution in [3.8, 4) is 11.8 Å². The van der Waals surface area contributed by atoms with Crippen molar-refractivity contribution in [2.24, 2.45) is 23.0 Å². The van der Waals surface area contributed by atoms with Crippen LogP contribution in [0.1, 0.15) is 91.7 Å². The maximum absolute atomic E-state index is 6.59. The van der Waals surface area contributed by atoms with Crippen molar-refractivity contribution in [1.29, 1.82) is 0 Å². The van der Waals surface area contributed by atoms with Crippen LogP contribution in [0.25, 0.3) is 10.9 Å². The summed E-state index contributed by atoms with van der Waals surface area (Å²) in [6, 6.07) is 6.14. The fraction of sp³-hybridized carbons (Fsp3) is 0.667. The van der Waals surface area contributed by atoms with Crippen molar-refractivity contribution < 1.29 is 4.74 Å². The summed E-state index contributed by atoms with van der Waals surface area (Å²) in [6.07, 6.45) is 6.21. The molecule has 1 heterocycles. The Bertz CT molecular complexity index is 1120. The van der Waals surface area contributed by atoms with E-state index >= 15 is 0 Å². The third-order valence-corrected chi connectivity index (χ3v) is 8.58. The van der Waals surface area contributed by atoms with Gasteiger partial charge in [-0.1, -0.05) is 59.3 Å². The first-order valence-corrected chi connectivity index (χ1v) is 15.4. The van der Waals surface area contributed by atoms with Crippen LogP contribution in [0.2, 0.25) is 0 Å². The minimum atomic E-state index is -0.0757. The van der Waals surface area contributed by atoms with Crippen LogP contribution in [0.5, 0.6) is 0 Å². The minimum Gasteiger partial charge on any atom is -0.383 e. The molecule has 1 fully saturated rings. The van der Waals surface area contributed by atoms with Crippen molar-refractivity contribution in [2.75, 3.05) is 42.6 Å². The van der Waals surface area contributed by atoms with Gasteiger partial charge in [-0.05, 0) is 70.1 Å². The van der Waals surface area contributed by atoms with Gasteiger partial charge < -0.3 is 21.1 Å². The molecular formula is C33H54N4OS. The molecule has 2 aromatic rings. The van der Waals surface area contributed by atoms with Gasteiger partial charge in [0.25, 0.3) is 0 Å². The monoisotopic (exact) mass is 554 g/mol. The molecular weight excluding hydrogens is 500 g/mol. The lowest BCUT2D eigenvalue weighted by atomic mass is 9.74. The Balaban J connectivity index is 0.000000976. The maximum Gasteiger partial charge on any atom is 0.129 e. The Kier molecular flexibility index (Phi) is 12.9. The fourth-order valence-corrected chi connectivity index (χ4v) is 4.93. The fourth-order valence-electron chi connectivity index (χ4n) is 4.69. The number of hydrogen-bond donors (Lipinski definition) is 3. The van der Waals surface area contributed by atoms with E-state index in [-0.39, 0.29) is 11.0 Å². The number of hydrogen-bond acceptors (Lipinski definition) is 6. The number of rotatable bonds is 11. The average molecular weight is 555 g/mol. The second-order valence-corrected chi connectivity index (χ2v) is 12.8. The molecule has 4 N–H and O–H groups in total. The van der Waals surface area contributed by atoms with Crippen molar-refractivity contribution in [3.05, 3.63) is 29.3 Å². The van der Waals surface area contributed by atoms with Crippen LogP contribution >= 0.6 is 12.6 Å². The van der Waals surface area contributed by atoms with Crippen molar-refractivity contribution >= 4 is 35.0 Å². The van der Waals surface area contributed by atoms with Crippen molar-refractivity contribution in [3.63, 3.8) is 0 Å². The molecule has 5 nitrogen and oxygen atoms in total. The lowest BCUT2D eigenvalue weighted by Crippen LogP contribution is -2.45. The summed E-state index contributed by atoms with van der Waals surface area (Å²) in [6.45, 7) is 20.5. The molecule has 0 spiro atoms. The Morgan fingerprint density at radius 1 is 1.21 bits per heavy atom. The number of pyridine rings is 1. The van der Waals surface area contributed by atoms with Gasteiger partial charge in [0.2, 0.25) is 0 Å². The molecule has 6 heteroatoms. The number of anilines is 2. The summed E-state index contributed by atoms with van der Waals surface area (Å²) in [5.41, 5.74) is 15.7. The van der Waals surface area contributed by atoms with Crippen LogP contribution in [-0.4, -0.2) is 42.6 Å². The van der Waals surface area contributed by atoms with Crippen LogP contribution in [0.4, 0.5) is 11.5 Å². The molecule has 3 rings (SSSR count). The zero-order chi connectivity index (χ0) is 29.2. The first kappa shape index (κ1) is 33.3. The average Bonchev–Trinajstić information content (AvgIpc) is 2.86. The molecule has 1 unspecified atom stereocenters. The Labute approximate surface area is 244 Å². The molecule has 218 valence electrons. The first-order valence-electron chi connectivity index (χ1n) is 14.8. The van der Waals surface area contributed by atoms with E-state index in [0.29, 0.717) is 18.3 Å². The number of thiol groups is 1. The minimum absolute atomic E-state index is 0.00664. The summed E-state index contributed by atoms with van der Waals surface area (Å²) < 4.78 is 6.59. The van der Waals surface area contributed by atoms with Crippen LogP contribution in [-0.2, 0) is 4.74 Å². The predicted octanol–water partition coefficient (Wildman–Crippen LogP) is 7.24. The summed E-state index contributed by atoms with van der Waals surface area (Å²) >= 11 is 4.59. The zero-order valence-corrected chi connectivity index (χ0v) is 26.8. The Morgan fingerprint density at radius 2 is 1.87 bits per heavy atom. The molecule has 1 aliphatic rings. The first-order chi connectivity index (χ1) is 18.4. The van der Waals surface area contributed by atoms with Gasteiger partial charge in [-0.25, -0.2) is 4.98 Å². The Morgan fingerprint density at radius 3 is 2.38 bits per heavy atom. The lowest BCUT2D eigenvalue weighted by molar-refractivity contribution is -0.109. The van der Waals surface area contributed by atoms with E-state index in [4.69, 9.17) is 16.2 Å². The van der Waals surface area contributed by atoms with Crippen molar-refractivity contribution in [1.82, 2.24) is 4.98 Å². The molecule has 1 aromatic carbocycles. The van der Waals surface area contributed by atoms with Gasteiger partial charge in [-0.2, -0.15) is 12.6 Å². The highest BCUT2D eigenvalue weighted by atomic mass is 32.1. The van der Waals surface area contributed by atoms with Gasteiger partial charge in [0.15, 0.2) is 0 Å². The zero-order valence-electron chi connectivity index (χ0n) is 25.9. The number of aromatic nitrogens is 1. The van der Waals surface area contributed by atoms with Crippen LogP contribution in [0, 0.1) is 36.0 Å². The van der Waals surface area contributed by atoms with E-state index in [1.54, 1.807) is 0 Å². The van der Waals surface area contributed by atoms with E-state index < -0.39 is 0 Å². The third-order valence-electron chi connectivity index (χ3n) is 8.38. The molecule has 0 saturated heterocycles. The molecule has 1 saturated carbocycles. The van der Waals surface area contributed by atoms with E-state index in [2.05, 4.69) is 95.8 Å². The molecule has 39 heavy (non-hydrogen) atoms. The van der Waals surface area contributed by atoms with Crippen LogP contribution in [0.15, 0.2) is 18.2 Å². The third kappa shape index (κ3) is 9.30. The van der Waals surface area contributed by atoms with E-state index in [1.807, 2.05) is 12.1 Å². The number of nitrogens with zero attached hydrogens (tertiary/aromatic N) is 2. The summed E-state index contributed by atoms with van der Waals surface area (Å²) in [5.74, 6) is 8.88. The van der Waals surface area contributed by atoms with E-state index in [9.17, 15) is 0 Å². The molecule has 0 radical (unpaired) electrons. The molecule has 0 amide bonds. The topological polar surface area (TPSA) is 77.4 Å². The molecule has 0 aliphatic heterocycles.